The predicted octanol–water partition coefficient (Wildman–Crippen LogP) is 4.73. The normalized spacial score (nSPS) is 14.9. The summed E-state index contributed by atoms with van der Waals surface area (Å²) in [7, 11) is 3.38. The highest BCUT2D eigenvalue weighted by Gasteiger charge is 2.23. The van der Waals surface area contributed by atoms with Gasteiger partial charge in [-0.25, -0.2) is 4.98 Å². The van der Waals surface area contributed by atoms with Crippen LogP contribution in [0.4, 0.5) is 40.2 Å². The van der Waals surface area contributed by atoms with E-state index in [1.165, 1.54) is 6.20 Å². The van der Waals surface area contributed by atoms with Crippen molar-refractivity contribution in [1.29, 1.82) is 0 Å². The van der Waals surface area contributed by atoms with Gasteiger partial charge in [0.05, 0.1) is 30.4 Å². The number of hydrogen-bond donors (Lipinski definition) is 2. The number of nitrogens with zero attached hydrogens (tertiary/aromatic N) is 7. The second-order valence-electron chi connectivity index (χ2n) is 11.9. The highest BCUT2D eigenvalue weighted by Crippen LogP contribution is 2.36. The third-order valence-electron chi connectivity index (χ3n) is 8.79. The molecule has 0 atom stereocenters. The molecule has 3 heterocycles. The van der Waals surface area contributed by atoms with Crippen LogP contribution in [0.25, 0.3) is 0 Å². The standard InChI is InChI=1S/C34H44ClN9O4/c1-6-7-32(47)40(4)30-20-25(43-16-12-41(13-17-43)23(2)45)8-10-28(30)37-33-27(35)22-36-34(39-33)38-29-11-9-26(21-31(29)48-5)44-18-14-42(15-19-44)24(3)46/h8-11,20-22H,6-7,12-19H2,1-5H3,(H2,36,37,38,39). The SMILES string of the molecule is CCCC(=O)N(C)c1cc(N2CCN(C(C)=O)CC2)ccc1Nc1nc(Nc2ccc(N3CCN(C(C)=O)CC3)cc2OC)ncc1Cl. The van der Waals surface area contributed by atoms with E-state index in [0.717, 1.165) is 30.9 Å². The van der Waals surface area contributed by atoms with Crippen molar-refractivity contribution in [3.63, 3.8) is 0 Å². The van der Waals surface area contributed by atoms with Crippen molar-refractivity contribution < 1.29 is 19.1 Å². The Morgan fingerprint density at radius 3 is 1.96 bits per heavy atom. The lowest BCUT2D eigenvalue weighted by Gasteiger charge is -2.36. The van der Waals surface area contributed by atoms with Crippen molar-refractivity contribution in [2.45, 2.75) is 33.6 Å². The smallest absolute Gasteiger partial charge is 0.229 e. The second-order valence-corrected chi connectivity index (χ2v) is 12.3. The van der Waals surface area contributed by atoms with E-state index >= 15 is 0 Å². The van der Waals surface area contributed by atoms with Gasteiger partial charge in [0.1, 0.15) is 10.8 Å². The van der Waals surface area contributed by atoms with Crippen molar-refractivity contribution in [3.05, 3.63) is 47.6 Å². The molecule has 2 aromatic carbocycles. The van der Waals surface area contributed by atoms with Gasteiger partial charge in [0.15, 0.2) is 5.82 Å². The minimum absolute atomic E-state index is 0.00786. The molecule has 2 aliphatic rings. The van der Waals surface area contributed by atoms with Crippen molar-refractivity contribution in [2.24, 2.45) is 0 Å². The lowest BCUT2D eigenvalue weighted by molar-refractivity contribution is -0.129. The molecular formula is C34H44ClN9O4. The summed E-state index contributed by atoms with van der Waals surface area (Å²) in [5, 5.41) is 6.89. The van der Waals surface area contributed by atoms with Crippen LogP contribution in [0.3, 0.4) is 0 Å². The van der Waals surface area contributed by atoms with Gasteiger partial charge in [0, 0.05) is 97.1 Å². The number of amides is 3. The third-order valence-corrected chi connectivity index (χ3v) is 9.07. The average Bonchev–Trinajstić information content (AvgIpc) is 3.10. The summed E-state index contributed by atoms with van der Waals surface area (Å²) in [5.74, 6) is 1.45. The molecule has 3 amide bonds. The monoisotopic (exact) mass is 677 g/mol. The van der Waals surface area contributed by atoms with Crippen LogP contribution in [0.5, 0.6) is 5.75 Å². The van der Waals surface area contributed by atoms with Gasteiger partial charge in [0.25, 0.3) is 0 Å². The van der Waals surface area contributed by atoms with Gasteiger partial charge in [-0.1, -0.05) is 18.5 Å². The Balaban J connectivity index is 1.36. The number of piperazine rings is 2. The van der Waals surface area contributed by atoms with E-state index in [0.29, 0.717) is 85.3 Å². The molecule has 3 aromatic rings. The van der Waals surface area contributed by atoms with Crippen LogP contribution in [0, 0.1) is 0 Å². The summed E-state index contributed by atoms with van der Waals surface area (Å²) >= 11 is 6.59. The Hall–Kier alpha value is -4.78. The first-order valence-corrected chi connectivity index (χ1v) is 16.6. The molecule has 2 N–H and O–H groups in total. The minimum Gasteiger partial charge on any atom is -0.494 e. The molecule has 14 heteroatoms. The highest BCUT2D eigenvalue weighted by molar-refractivity contribution is 6.33. The van der Waals surface area contributed by atoms with Crippen LogP contribution in [-0.2, 0) is 14.4 Å². The Morgan fingerprint density at radius 2 is 1.42 bits per heavy atom. The number of anilines is 7. The van der Waals surface area contributed by atoms with Gasteiger partial charge in [-0.3, -0.25) is 14.4 Å². The van der Waals surface area contributed by atoms with Gasteiger partial charge in [-0.2, -0.15) is 4.98 Å². The van der Waals surface area contributed by atoms with Crippen LogP contribution in [-0.4, -0.2) is 104 Å². The number of methoxy groups -OCH3 is 1. The number of carbonyl (C=O) groups excluding carboxylic acids is 3. The van der Waals surface area contributed by atoms with Gasteiger partial charge >= 0.3 is 0 Å². The van der Waals surface area contributed by atoms with Crippen LogP contribution in [0.15, 0.2) is 42.6 Å². The summed E-state index contributed by atoms with van der Waals surface area (Å²) in [6.45, 7) is 10.7. The van der Waals surface area contributed by atoms with E-state index in [1.807, 2.05) is 53.1 Å². The number of nitrogens with one attached hydrogen (secondary N) is 2. The topological polar surface area (TPSA) is 126 Å². The maximum absolute atomic E-state index is 13.1. The Labute approximate surface area is 286 Å². The molecule has 2 saturated heterocycles. The van der Waals surface area contributed by atoms with Crippen LogP contribution < -0.4 is 30.1 Å². The third kappa shape index (κ3) is 8.01. The maximum atomic E-state index is 13.1. The molecule has 0 radical (unpaired) electrons. The number of hydrogen-bond acceptors (Lipinski definition) is 10. The van der Waals surface area contributed by atoms with E-state index in [4.69, 9.17) is 16.3 Å². The molecule has 0 unspecified atom stereocenters. The second kappa shape index (κ2) is 15.4. The maximum Gasteiger partial charge on any atom is 0.229 e. The largest absolute Gasteiger partial charge is 0.494 e. The zero-order valence-corrected chi connectivity index (χ0v) is 29.0. The van der Waals surface area contributed by atoms with Crippen molar-refractivity contribution >= 4 is 69.5 Å². The van der Waals surface area contributed by atoms with Gasteiger partial charge < -0.3 is 39.9 Å². The summed E-state index contributed by atoms with van der Waals surface area (Å²) in [6, 6.07) is 11.8. The fourth-order valence-electron chi connectivity index (χ4n) is 5.92. The highest BCUT2D eigenvalue weighted by atomic mass is 35.5. The first kappa shape index (κ1) is 34.6. The van der Waals surface area contributed by atoms with E-state index in [1.54, 1.807) is 32.9 Å². The Bertz CT molecular complexity index is 1640. The van der Waals surface area contributed by atoms with Gasteiger partial charge in [-0.15, -0.1) is 0 Å². The van der Waals surface area contributed by atoms with Crippen molar-refractivity contribution in [2.75, 3.05) is 91.8 Å². The number of benzene rings is 2. The lowest BCUT2D eigenvalue weighted by Crippen LogP contribution is -2.48. The molecule has 256 valence electrons. The molecule has 48 heavy (non-hydrogen) atoms. The molecule has 1 aromatic heterocycles. The van der Waals surface area contributed by atoms with E-state index in [9.17, 15) is 14.4 Å². The fourth-order valence-corrected chi connectivity index (χ4v) is 6.06. The van der Waals surface area contributed by atoms with Crippen molar-refractivity contribution in [3.8, 4) is 5.75 Å². The fraction of sp³-hybridized carbons (Fsp3) is 0.441. The van der Waals surface area contributed by atoms with Crippen LogP contribution in [0.2, 0.25) is 5.02 Å². The molecule has 2 aliphatic heterocycles. The summed E-state index contributed by atoms with van der Waals surface area (Å²) in [6.07, 6.45) is 2.66. The Morgan fingerprint density at radius 1 is 0.854 bits per heavy atom. The quantitative estimate of drug-likeness (QED) is 0.311. The summed E-state index contributed by atoms with van der Waals surface area (Å²) in [4.78, 5) is 55.5. The van der Waals surface area contributed by atoms with Gasteiger partial charge in [-0.05, 0) is 36.8 Å². The van der Waals surface area contributed by atoms with Gasteiger partial charge in [0.2, 0.25) is 23.7 Å². The molecule has 5 rings (SSSR count). The number of carbonyl (C=O) groups is 3. The molecule has 0 saturated carbocycles. The first-order valence-electron chi connectivity index (χ1n) is 16.2. The number of rotatable bonds is 10. The molecular weight excluding hydrogens is 634 g/mol. The molecule has 0 spiro atoms. The van der Waals surface area contributed by atoms with Crippen LogP contribution in [0.1, 0.15) is 33.6 Å². The lowest BCUT2D eigenvalue weighted by atomic mass is 10.1. The summed E-state index contributed by atoms with van der Waals surface area (Å²) in [5.41, 5.74) is 3.98. The van der Waals surface area contributed by atoms with E-state index < -0.39 is 0 Å². The average molecular weight is 678 g/mol. The predicted molar refractivity (Wildman–Crippen MR) is 190 cm³/mol. The Kier molecular flexibility index (Phi) is 11.1. The zero-order chi connectivity index (χ0) is 34.4. The minimum atomic E-state index is -0.00786. The van der Waals surface area contributed by atoms with Crippen LogP contribution >= 0.6 is 11.6 Å². The molecule has 13 nitrogen and oxygen atoms in total. The molecule has 2 fully saturated rings. The number of aromatic nitrogens is 2. The molecule has 0 bridgehead atoms. The number of ether oxygens (including phenoxy) is 1. The molecule has 0 aliphatic carbocycles. The van der Waals surface area contributed by atoms with Crippen molar-refractivity contribution in [1.82, 2.24) is 19.8 Å². The number of halogens is 1. The zero-order valence-electron chi connectivity index (χ0n) is 28.3. The van der Waals surface area contributed by atoms with E-state index in [-0.39, 0.29) is 17.7 Å². The first-order chi connectivity index (χ1) is 23.1. The van der Waals surface area contributed by atoms with E-state index in [2.05, 4.69) is 30.4 Å². The summed E-state index contributed by atoms with van der Waals surface area (Å²) < 4.78 is 5.71.